The van der Waals surface area contributed by atoms with Gasteiger partial charge in [-0.2, -0.15) is 0 Å². The summed E-state index contributed by atoms with van der Waals surface area (Å²) in [5.41, 5.74) is 9.96. The van der Waals surface area contributed by atoms with Gasteiger partial charge in [-0.05, 0) is 44.2 Å². The summed E-state index contributed by atoms with van der Waals surface area (Å²) in [5.74, 6) is 1.95. The lowest BCUT2D eigenvalue weighted by Crippen LogP contribution is -2.00. The summed E-state index contributed by atoms with van der Waals surface area (Å²) in [6.07, 6.45) is 0. The molecule has 0 atom stereocenters. The molecule has 0 aliphatic heterocycles. The summed E-state index contributed by atoms with van der Waals surface area (Å²) in [4.78, 5) is 15.1. The molecule has 0 radical (unpaired) electrons. The molecule has 0 unspecified atom stereocenters. The number of fused-ring (bicyclic) bond motifs is 1. The molecule has 0 spiro atoms. The Morgan fingerprint density at radius 2 is 0.565 bits per heavy atom. The molecule has 0 amide bonds. The molecule has 1 heterocycles. The van der Waals surface area contributed by atoms with Crippen molar-refractivity contribution in [2.45, 2.75) is 0 Å². The third-order valence-corrected chi connectivity index (χ3v) is 8.38. The molecule has 3 nitrogen and oxygen atoms in total. The van der Waals surface area contributed by atoms with E-state index in [9.17, 15) is 0 Å². The number of hydrogen-bond acceptors (Lipinski definition) is 3. The van der Waals surface area contributed by atoms with Crippen molar-refractivity contribution in [1.82, 2.24) is 15.0 Å². The molecular weight excluding hydrogens is 558 g/mol. The number of hydrogen-bond donors (Lipinski definition) is 0. The minimum atomic E-state index is 0.644. The lowest BCUT2D eigenvalue weighted by Gasteiger charge is -2.12. The lowest BCUT2D eigenvalue weighted by atomic mass is 9.95. The van der Waals surface area contributed by atoms with Gasteiger partial charge in [-0.3, -0.25) is 0 Å². The molecular formula is C43H29N3. The number of nitrogens with zero attached hydrogens (tertiary/aromatic N) is 3. The Morgan fingerprint density at radius 3 is 1.09 bits per heavy atom. The standard InChI is InChI=1S/C43H29N3/c1-4-12-30(13-5-1)31-22-24-32(25-23-31)33-26-28-36(29-27-33)42-44-41(35-16-8-3-9-17-35)45-43(46-42)40-21-11-19-38-37(18-10-20-39(38)40)34-14-6-2-7-15-34/h1-29H. The monoisotopic (exact) mass is 587 g/mol. The Hall–Kier alpha value is -6.19. The second-order valence-corrected chi connectivity index (χ2v) is 11.3. The van der Waals surface area contributed by atoms with E-state index >= 15 is 0 Å². The largest absolute Gasteiger partial charge is 0.208 e. The van der Waals surface area contributed by atoms with Gasteiger partial charge in [0.05, 0.1) is 0 Å². The van der Waals surface area contributed by atoms with E-state index in [0.717, 1.165) is 38.6 Å². The zero-order valence-corrected chi connectivity index (χ0v) is 25.1. The van der Waals surface area contributed by atoms with Crippen LogP contribution >= 0.6 is 0 Å². The third-order valence-electron chi connectivity index (χ3n) is 8.38. The highest BCUT2D eigenvalue weighted by atomic mass is 15.0. The molecule has 0 aliphatic rings. The smallest absolute Gasteiger partial charge is 0.164 e. The number of benzene rings is 7. The highest BCUT2D eigenvalue weighted by Gasteiger charge is 2.15. The van der Waals surface area contributed by atoms with Crippen LogP contribution in [-0.4, -0.2) is 15.0 Å². The average molecular weight is 588 g/mol. The lowest BCUT2D eigenvalue weighted by molar-refractivity contribution is 1.08. The first-order valence-corrected chi connectivity index (χ1v) is 15.5. The normalized spacial score (nSPS) is 11.0. The summed E-state index contributed by atoms with van der Waals surface area (Å²) in [5, 5.41) is 2.27. The van der Waals surface area contributed by atoms with E-state index in [1.165, 1.54) is 22.3 Å². The van der Waals surface area contributed by atoms with Gasteiger partial charge in [0.2, 0.25) is 0 Å². The molecule has 0 N–H and O–H groups in total. The zero-order valence-electron chi connectivity index (χ0n) is 25.1. The van der Waals surface area contributed by atoms with E-state index in [1.807, 2.05) is 42.5 Å². The fraction of sp³-hybridized carbons (Fsp3) is 0. The maximum atomic E-state index is 5.08. The van der Waals surface area contributed by atoms with Crippen LogP contribution in [-0.2, 0) is 0 Å². The fourth-order valence-electron chi connectivity index (χ4n) is 6.01. The zero-order chi connectivity index (χ0) is 30.7. The van der Waals surface area contributed by atoms with Crippen LogP contribution in [0.3, 0.4) is 0 Å². The van der Waals surface area contributed by atoms with E-state index in [1.54, 1.807) is 0 Å². The second-order valence-electron chi connectivity index (χ2n) is 11.3. The van der Waals surface area contributed by atoms with Crippen molar-refractivity contribution < 1.29 is 0 Å². The van der Waals surface area contributed by atoms with E-state index < -0.39 is 0 Å². The third kappa shape index (κ3) is 5.36. The van der Waals surface area contributed by atoms with E-state index in [-0.39, 0.29) is 0 Å². The number of rotatable bonds is 6. The first-order chi connectivity index (χ1) is 22.8. The Bertz CT molecular complexity index is 2260. The maximum absolute atomic E-state index is 5.08. The molecule has 8 rings (SSSR count). The van der Waals surface area contributed by atoms with Crippen LogP contribution < -0.4 is 0 Å². The van der Waals surface area contributed by atoms with Crippen LogP contribution in [0.25, 0.3) is 78.3 Å². The highest BCUT2D eigenvalue weighted by Crippen LogP contribution is 2.35. The molecule has 46 heavy (non-hydrogen) atoms. The van der Waals surface area contributed by atoms with E-state index in [2.05, 4.69) is 133 Å². The predicted molar refractivity (Wildman–Crippen MR) is 190 cm³/mol. The Balaban J connectivity index is 1.20. The van der Waals surface area contributed by atoms with Crippen LogP contribution in [0.15, 0.2) is 176 Å². The summed E-state index contributed by atoms with van der Waals surface area (Å²) < 4.78 is 0. The van der Waals surface area contributed by atoms with Gasteiger partial charge in [0.1, 0.15) is 0 Å². The van der Waals surface area contributed by atoms with E-state index in [0.29, 0.717) is 17.5 Å². The van der Waals surface area contributed by atoms with Crippen molar-refractivity contribution in [2.24, 2.45) is 0 Å². The summed E-state index contributed by atoms with van der Waals surface area (Å²) in [7, 11) is 0. The Morgan fingerprint density at radius 1 is 0.217 bits per heavy atom. The van der Waals surface area contributed by atoms with Gasteiger partial charge in [0, 0.05) is 16.7 Å². The minimum absolute atomic E-state index is 0.644. The van der Waals surface area contributed by atoms with Crippen molar-refractivity contribution >= 4 is 10.8 Å². The van der Waals surface area contributed by atoms with Crippen molar-refractivity contribution in [2.75, 3.05) is 0 Å². The molecule has 3 heteroatoms. The molecule has 1 aromatic heterocycles. The SMILES string of the molecule is c1ccc(-c2ccc(-c3ccc(-c4nc(-c5ccccc5)nc(-c5cccc6c(-c7ccccc7)cccc56)n4)cc3)cc2)cc1. The van der Waals surface area contributed by atoms with Gasteiger partial charge in [0.15, 0.2) is 17.5 Å². The van der Waals surface area contributed by atoms with Gasteiger partial charge < -0.3 is 0 Å². The molecule has 0 fully saturated rings. The molecule has 0 bridgehead atoms. The van der Waals surface area contributed by atoms with Gasteiger partial charge in [-0.1, -0.05) is 176 Å². The summed E-state index contributed by atoms with van der Waals surface area (Å²) in [6, 6.07) is 61.1. The number of aromatic nitrogens is 3. The summed E-state index contributed by atoms with van der Waals surface area (Å²) >= 11 is 0. The minimum Gasteiger partial charge on any atom is -0.208 e. The van der Waals surface area contributed by atoms with Crippen LogP contribution in [0.5, 0.6) is 0 Å². The van der Waals surface area contributed by atoms with E-state index in [4.69, 9.17) is 15.0 Å². The Kier molecular flexibility index (Phi) is 7.18. The first-order valence-electron chi connectivity index (χ1n) is 15.5. The molecule has 0 saturated carbocycles. The molecule has 0 saturated heterocycles. The van der Waals surface area contributed by atoms with Crippen molar-refractivity contribution in [3.8, 4) is 67.5 Å². The maximum Gasteiger partial charge on any atom is 0.164 e. The Labute approximate surface area is 268 Å². The van der Waals surface area contributed by atoms with Gasteiger partial charge in [0.25, 0.3) is 0 Å². The van der Waals surface area contributed by atoms with Crippen molar-refractivity contribution in [3.05, 3.63) is 176 Å². The molecule has 8 aromatic rings. The quantitative estimate of drug-likeness (QED) is 0.194. The topological polar surface area (TPSA) is 38.7 Å². The van der Waals surface area contributed by atoms with Crippen LogP contribution in [0.1, 0.15) is 0 Å². The van der Waals surface area contributed by atoms with Crippen LogP contribution in [0.2, 0.25) is 0 Å². The van der Waals surface area contributed by atoms with Gasteiger partial charge in [-0.15, -0.1) is 0 Å². The molecule has 216 valence electrons. The highest BCUT2D eigenvalue weighted by molar-refractivity contribution is 6.03. The predicted octanol–water partition coefficient (Wildman–Crippen LogP) is 11.0. The van der Waals surface area contributed by atoms with Gasteiger partial charge >= 0.3 is 0 Å². The summed E-state index contributed by atoms with van der Waals surface area (Å²) in [6.45, 7) is 0. The van der Waals surface area contributed by atoms with Crippen molar-refractivity contribution in [3.63, 3.8) is 0 Å². The second kappa shape index (κ2) is 12.1. The van der Waals surface area contributed by atoms with Crippen LogP contribution in [0, 0.1) is 0 Å². The molecule has 0 aliphatic carbocycles. The fourth-order valence-corrected chi connectivity index (χ4v) is 6.01. The molecule has 7 aromatic carbocycles. The van der Waals surface area contributed by atoms with Gasteiger partial charge in [-0.25, -0.2) is 15.0 Å². The average Bonchev–Trinajstić information content (AvgIpc) is 3.15. The van der Waals surface area contributed by atoms with Crippen molar-refractivity contribution in [1.29, 1.82) is 0 Å². The first kappa shape index (κ1) is 27.4. The van der Waals surface area contributed by atoms with Crippen LogP contribution in [0.4, 0.5) is 0 Å².